The lowest BCUT2D eigenvalue weighted by Gasteiger charge is -2.45. The highest BCUT2D eigenvalue weighted by molar-refractivity contribution is 6.74. The normalized spacial score (nSPS) is 19.2. The fourth-order valence-corrected chi connectivity index (χ4v) is 18.1. The summed E-state index contributed by atoms with van der Waals surface area (Å²) >= 11 is 6.02. The van der Waals surface area contributed by atoms with Gasteiger partial charge < -0.3 is 73.6 Å². The lowest BCUT2D eigenvalue weighted by atomic mass is 9.89. The molecule has 3 atom stereocenters. The summed E-state index contributed by atoms with van der Waals surface area (Å²) in [5, 5.41) is 24.6. The predicted octanol–water partition coefficient (Wildman–Crippen LogP) is 19.1. The topological polar surface area (TPSA) is 207 Å². The summed E-state index contributed by atoms with van der Waals surface area (Å²) in [5.41, 5.74) is 2.20. The Hall–Kier alpha value is -9.41. The van der Waals surface area contributed by atoms with Crippen molar-refractivity contribution in [3.8, 4) is 0 Å². The number of rotatable bonds is 23. The number of carboxylic acids is 1. The number of aliphatic hydroxyl groups is 1. The van der Waals surface area contributed by atoms with Gasteiger partial charge in [0.1, 0.15) is 58.1 Å². The van der Waals surface area contributed by atoms with Gasteiger partial charge in [-0.25, -0.2) is 40.7 Å². The molecule has 0 bridgehead atoms. The number of hydrogen-bond donors (Lipinski definition) is 4. The SMILES string of the molecule is C=C(CN(C)C)N1CCC(N(C)C(=O)N2CC(c3cc(F)ccc3F)=CC2(CO)c2ccccc2)CC1.C=CCOC(=O)N1CCC(NC)CC1.CC.CC(C)(C)[Si](C)(C)OCC1(c2ccccc2)C=C(c2cc(F)ccc2F)CN1C(=O)Cl.CN(C(=O)N1CC(c2cc(F)ccc2F)=CC1(CO[Si](C)(C)C(C)(C)C)c1ccccc1)C1CCNCC1.CN(C)CC(=O)O. The number of hydrogen-bond acceptors (Lipinski definition) is 14. The lowest BCUT2D eigenvalue weighted by Crippen LogP contribution is -2.57. The molecule has 6 aliphatic rings. The molecular formula is C99H138ClF6N11O10Si2. The number of ether oxygens (including phenoxy) is 1. The van der Waals surface area contributed by atoms with Crippen molar-refractivity contribution >= 4 is 74.4 Å². The maximum Gasteiger partial charge on any atom is 0.410 e. The quantitative estimate of drug-likeness (QED) is 0.0155. The van der Waals surface area contributed by atoms with E-state index < -0.39 is 79.5 Å². The zero-order valence-corrected chi connectivity index (χ0v) is 81.7. The number of carbonyl (C=O) groups is 5. The second-order valence-corrected chi connectivity index (χ2v) is 46.8. The van der Waals surface area contributed by atoms with Gasteiger partial charge in [0.25, 0.3) is 0 Å². The first-order valence-corrected chi connectivity index (χ1v) is 50.5. The number of piperidine rings is 3. The number of nitrogens with one attached hydrogen (secondary N) is 2. The monoisotopic (exact) mass is 1850 g/mol. The molecule has 21 nitrogen and oxygen atoms in total. The number of likely N-dealkylation sites (N-methyl/N-ethyl adjacent to an activating group) is 2. The van der Waals surface area contributed by atoms with E-state index in [0.717, 1.165) is 150 Å². The third kappa shape index (κ3) is 27.6. The van der Waals surface area contributed by atoms with Crippen LogP contribution < -0.4 is 10.6 Å². The molecule has 0 aliphatic carbocycles. The number of aliphatic hydroxyl groups excluding tert-OH is 1. The van der Waals surface area contributed by atoms with Gasteiger partial charge in [-0.05, 0) is 241 Å². The molecule has 6 heterocycles. The number of amides is 6. The minimum absolute atomic E-state index is 0.0121. The Balaban J connectivity index is 0.000000236. The number of urea groups is 2. The van der Waals surface area contributed by atoms with Gasteiger partial charge in [-0.15, -0.1) is 0 Å². The number of carbonyl (C=O) groups excluding carboxylic acids is 4. The maximum absolute atomic E-state index is 15.0. The van der Waals surface area contributed by atoms with Crippen molar-refractivity contribution in [3.05, 3.63) is 257 Å². The molecule has 3 fully saturated rings. The summed E-state index contributed by atoms with van der Waals surface area (Å²) in [6.45, 7) is 39.6. The van der Waals surface area contributed by atoms with Crippen molar-refractivity contribution in [1.82, 2.24) is 54.7 Å². The third-order valence-corrected chi connectivity index (χ3v) is 34.7. The van der Waals surface area contributed by atoms with E-state index in [0.29, 0.717) is 34.9 Å². The van der Waals surface area contributed by atoms with E-state index in [-0.39, 0.29) is 103 Å². The van der Waals surface area contributed by atoms with E-state index in [1.165, 1.54) is 11.0 Å². The number of aliphatic carboxylic acids is 1. The van der Waals surface area contributed by atoms with Gasteiger partial charge in [0.2, 0.25) is 0 Å². The van der Waals surface area contributed by atoms with Crippen molar-refractivity contribution in [2.45, 2.75) is 165 Å². The Morgan fingerprint density at radius 2 is 0.884 bits per heavy atom. The minimum atomic E-state index is -2.22. The molecule has 129 heavy (non-hydrogen) atoms. The molecule has 12 rings (SSSR count). The maximum atomic E-state index is 15.0. The Morgan fingerprint density at radius 3 is 1.22 bits per heavy atom. The molecule has 0 radical (unpaired) electrons. The summed E-state index contributed by atoms with van der Waals surface area (Å²) in [7, 11) is 8.64. The van der Waals surface area contributed by atoms with E-state index in [1.807, 2.05) is 144 Å². The highest BCUT2D eigenvalue weighted by Gasteiger charge is 2.52. The summed E-state index contributed by atoms with van der Waals surface area (Å²) in [4.78, 5) is 78.0. The van der Waals surface area contributed by atoms with Crippen LogP contribution >= 0.6 is 11.6 Å². The summed E-state index contributed by atoms with van der Waals surface area (Å²) in [5.74, 6) is -4.03. The third-order valence-electron chi connectivity index (χ3n) is 25.5. The van der Waals surface area contributed by atoms with Crippen molar-refractivity contribution in [1.29, 1.82) is 0 Å². The lowest BCUT2D eigenvalue weighted by molar-refractivity contribution is -0.137. The molecule has 0 spiro atoms. The minimum Gasteiger partial charge on any atom is -0.480 e. The average Bonchev–Trinajstić information content (AvgIpc) is 1.60. The van der Waals surface area contributed by atoms with Gasteiger partial charge in [-0.3, -0.25) is 14.5 Å². The highest BCUT2D eigenvalue weighted by Crippen LogP contribution is 2.49. The van der Waals surface area contributed by atoms with Crippen LogP contribution in [0.3, 0.4) is 0 Å². The van der Waals surface area contributed by atoms with Gasteiger partial charge in [-0.2, -0.15) is 0 Å². The Bertz CT molecular complexity index is 4810. The van der Waals surface area contributed by atoms with E-state index in [4.69, 9.17) is 30.3 Å². The predicted molar refractivity (Wildman–Crippen MR) is 509 cm³/mol. The van der Waals surface area contributed by atoms with Crippen LogP contribution in [0.15, 0.2) is 189 Å². The number of likely N-dealkylation sites (tertiary alicyclic amines) is 2. The van der Waals surface area contributed by atoms with Gasteiger partial charge >= 0.3 is 29.5 Å². The largest absolute Gasteiger partial charge is 0.480 e. The second kappa shape index (κ2) is 47.6. The molecular weight excluding hydrogens is 1710 g/mol. The number of halogens is 7. The molecule has 0 aromatic heterocycles. The van der Waals surface area contributed by atoms with Crippen LogP contribution in [0.5, 0.6) is 0 Å². The summed E-state index contributed by atoms with van der Waals surface area (Å²) in [6.07, 6.45) is 12.1. The molecule has 30 heteroatoms. The zero-order valence-electron chi connectivity index (χ0n) is 79.0. The number of nitrogens with zero attached hydrogens (tertiary/aromatic N) is 9. The Kier molecular flexibility index (Phi) is 39.4. The van der Waals surface area contributed by atoms with Crippen molar-refractivity contribution < 1.29 is 74.1 Å². The Morgan fingerprint density at radius 1 is 0.535 bits per heavy atom. The van der Waals surface area contributed by atoms with E-state index in [9.17, 15) is 51.0 Å². The summed E-state index contributed by atoms with van der Waals surface area (Å²) in [6, 6.07) is 38.8. The molecule has 6 aliphatic heterocycles. The van der Waals surface area contributed by atoms with Crippen molar-refractivity contribution in [2.75, 3.05) is 148 Å². The van der Waals surface area contributed by atoms with Gasteiger partial charge in [0.05, 0.1) is 26.4 Å². The van der Waals surface area contributed by atoms with Gasteiger partial charge in [0, 0.05) is 107 Å². The first-order valence-electron chi connectivity index (χ1n) is 44.3. The molecule has 0 saturated carbocycles. The van der Waals surface area contributed by atoms with Crippen LogP contribution in [0.2, 0.25) is 36.3 Å². The van der Waals surface area contributed by atoms with Gasteiger partial charge in [-0.1, -0.05) is 166 Å². The van der Waals surface area contributed by atoms with Crippen molar-refractivity contribution in [3.63, 3.8) is 0 Å². The summed E-state index contributed by atoms with van der Waals surface area (Å²) < 4.78 is 105. The van der Waals surface area contributed by atoms with Crippen LogP contribution in [0, 0.1) is 34.9 Å². The van der Waals surface area contributed by atoms with E-state index >= 15 is 4.39 Å². The van der Waals surface area contributed by atoms with Crippen LogP contribution in [0.1, 0.15) is 127 Å². The second-order valence-electron chi connectivity index (χ2n) is 36.9. The molecule has 4 N–H and O–H groups in total. The van der Waals surface area contributed by atoms with Crippen LogP contribution in [-0.4, -0.2) is 266 Å². The first kappa shape index (κ1) is 107. The molecule has 706 valence electrons. The number of carboxylic acid groups (broad SMARTS) is 1. The molecule has 3 saturated heterocycles. The van der Waals surface area contributed by atoms with E-state index in [1.54, 1.807) is 63.9 Å². The van der Waals surface area contributed by atoms with E-state index in [2.05, 4.69) is 101 Å². The van der Waals surface area contributed by atoms with Crippen LogP contribution in [-0.2, 0) is 35.0 Å². The molecule has 6 aromatic rings. The average molecular weight is 1850 g/mol. The standard InChI is InChI=1S/C30H41F2N3O2Si.C29H36F2N4O2.C24H28ClF2NO2Si.C10H18N2O2.C4H9NO2.C2H6/c1-29(2,3)38(5,6)37-21-30(23-10-8-7-9-11-23)19-22(26-18-24(31)12-13-27(26)32)20-35(30)28(36)34(4)25-14-16-33-17-15-25;1-21(18-32(2)3)34-14-12-25(13-15-34)33(4)28(37)35-19-22(26-16-24(30)10-11-27(26)31)17-29(35,20-36)23-8-6-5-7-9-23;1-23(2,3)31(4,5)30-16-24(18-9-7-6-8-10-18)14-17(15-28(24)22(25)29)20-13-19(26)11-12-21(20)27;1-3-8-14-10(13)12-6-4-9(11-2)5-7-12;1-5(2)3-4(6)7;1-2/h7-13,18-19,25,33H,14-17,20-21H2,1-6H3;5-11,16-17,25,36H,1,12-15,18-20H2,2-4H3;6-14H,15-16H2,1-5H3;3,9,11H,1,4-8H2,2H3;3H2,1-2H3,(H,6,7);1-2H3. The first-order chi connectivity index (χ1) is 60.8. The zero-order chi connectivity index (χ0) is 95.7. The van der Waals surface area contributed by atoms with Crippen LogP contribution in [0.4, 0.5) is 45.5 Å². The van der Waals surface area contributed by atoms with Gasteiger partial charge in [0.15, 0.2) is 16.6 Å². The molecule has 6 amide bonds. The smallest absolute Gasteiger partial charge is 0.410 e. The van der Waals surface area contributed by atoms with Crippen molar-refractivity contribution in [2.24, 2.45) is 0 Å². The van der Waals surface area contributed by atoms with Crippen LogP contribution in [0.25, 0.3) is 16.7 Å². The fourth-order valence-electron chi connectivity index (χ4n) is 15.9. The molecule has 3 unspecified atom stereocenters. The number of benzene rings is 6. The molecule has 6 aromatic carbocycles. The fraction of sp³-hybridized carbons (Fsp3) is 0.485. The Labute approximate surface area is 768 Å². The highest BCUT2D eigenvalue weighted by atomic mass is 35.5.